The molecule has 2 aromatic carbocycles. The van der Waals surface area contributed by atoms with E-state index in [9.17, 15) is 14.7 Å². The van der Waals surface area contributed by atoms with Crippen molar-refractivity contribution in [1.29, 1.82) is 0 Å². The number of thioether (sulfide) groups is 1. The summed E-state index contributed by atoms with van der Waals surface area (Å²) in [5, 5.41) is 11.4. The molecular formula is C18H15BrClN3O3S. The molecule has 0 fully saturated rings. The molecule has 0 bridgehead atoms. The zero-order chi connectivity index (χ0) is 19.7. The van der Waals surface area contributed by atoms with Gasteiger partial charge in [0.05, 0.1) is 16.6 Å². The van der Waals surface area contributed by atoms with E-state index in [2.05, 4.69) is 20.9 Å². The van der Waals surface area contributed by atoms with E-state index in [0.717, 1.165) is 25.5 Å². The number of aryl methyl sites for hydroxylation is 1. The number of anilines is 1. The lowest BCUT2D eigenvalue weighted by molar-refractivity contribution is 0.198. The van der Waals surface area contributed by atoms with E-state index < -0.39 is 11.7 Å². The van der Waals surface area contributed by atoms with Gasteiger partial charge in [-0.25, -0.2) is 9.78 Å². The Bertz CT molecular complexity index is 1100. The highest BCUT2D eigenvalue weighted by Crippen LogP contribution is 2.33. The molecule has 140 valence electrons. The molecule has 6 nitrogen and oxygen atoms in total. The summed E-state index contributed by atoms with van der Waals surface area (Å²) in [7, 11) is 0. The molecule has 0 spiro atoms. The molecule has 1 amide bonds. The number of amides is 1. The predicted molar refractivity (Wildman–Crippen MR) is 112 cm³/mol. The summed E-state index contributed by atoms with van der Waals surface area (Å²) >= 11 is 11.0. The predicted octanol–water partition coefficient (Wildman–Crippen LogP) is 5.18. The molecule has 27 heavy (non-hydrogen) atoms. The largest absolute Gasteiger partial charge is 0.463 e. The van der Waals surface area contributed by atoms with Crippen molar-refractivity contribution < 1.29 is 9.90 Å². The van der Waals surface area contributed by atoms with Crippen molar-refractivity contribution in [3.63, 3.8) is 0 Å². The molecule has 1 heterocycles. The maximum Gasteiger partial charge on any atom is 0.431 e. The number of fused-ring (bicyclic) bond motifs is 1. The van der Waals surface area contributed by atoms with Crippen molar-refractivity contribution in [1.82, 2.24) is 9.66 Å². The van der Waals surface area contributed by atoms with Crippen LogP contribution in [0.3, 0.4) is 0 Å². The normalized spacial score (nSPS) is 11.0. The van der Waals surface area contributed by atoms with Gasteiger partial charge in [-0.15, -0.1) is 11.8 Å². The fraction of sp³-hybridized carbons (Fsp3) is 0.167. The molecule has 0 aliphatic carbocycles. The molecule has 0 radical (unpaired) electrons. The van der Waals surface area contributed by atoms with Gasteiger partial charge < -0.3 is 5.11 Å². The molecule has 1 N–H and O–H groups in total. The van der Waals surface area contributed by atoms with Crippen LogP contribution < -0.4 is 10.6 Å². The van der Waals surface area contributed by atoms with Crippen LogP contribution in [0.2, 0.25) is 5.02 Å². The molecule has 9 heteroatoms. The lowest BCUT2D eigenvalue weighted by atomic mass is 10.2. The minimum absolute atomic E-state index is 0.305. The average Bonchev–Trinajstić information content (AvgIpc) is 2.61. The fourth-order valence-electron chi connectivity index (χ4n) is 2.63. The zero-order valence-electron chi connectivity index (χ0n) is 14.4. The molecule has 3 aromatic rings. The van der Waals surface area contributed by atoms with E-state index in [1.807, 2.05) is 13.8 Å². The summed E-state index contributed by atoms with van der Waals surface area (Å²) in [6.45, 7) is 3.81. The van der Waals surface area contributed by atoms with E-state index in [1.165, 1.54) is 24.2 Å². The molecule has 0 aliphatic rings. The number of nitrogens with zero attached hydrogens (tertiary/aromatic N) is 3. The standard InChI is InChI=1S/C18H15BrClN3O3S/c1-3-27-16-5-4-11(20)7-15(16)23(18(25)26)22-9-21-14-8-13(19)10(2)6-12(14)17(22)24/h4-9H,3H2,1-2H3,(H,25,26). The van der Waals surface area contributed by atoms with Gasteiger partial charge >= 0.3 is 6.09 Å². The summed E-state index contributed by atoms with van der Waals surface area (Å²) < 4.78 is 1.81. The summed E-state index contributed by atoms with van der Waals surface area (Å²) in [5.41, 5.74) is 1.16. The number of rotatable bonds is 4. The number of benzene rings is 2. The van der Waals surface area contributed by atoms with Crippen LogP contribution in [0.1, 0.15) is 12.5 Å². The van der Waals surface area contributed by atoms with E-state index in [4.69, 9.17) is 11.6 Å². The van der Waals surface area contributed by atoms with Gasteiger partial charge in [0.2, 0.25) is 0 Å². The first kappa shape index (κ1) is 19.7. The smallest absolute Gasteiger partial charge is 0.431 e. The van der Waals surface area contributed by atoms with Crippen LogP contribution >= 0.6 is 39.3 Å². The Labute approximate surface area is 172 Å². The second-order valence-corrected chi connectivity index (χ2v) is 8.25. The van der Waals surface area contributed by atoms with E-state index >= 15 is 0 Å². The number of carbonyl (C=O) groups is 1. The number of aromatic nitrogens is 2. The van der Waals surface area contributed by atoms with Gasteiger partial charge in [-0.3, -0.25) is 4.79 Å². The monoisotopic (exact) mass is 467 g/mol. The number of carboxylic acid groups (broad SMARTS) is 1. The average molecular weight is 469 g/mol. The van der Waals surface area contributed by atoms with Gasteiger partial charge in [0.15, 0.2) is 0 Å². The van der Waals surface area contributed by atoms with Crippen LogP contribution in [0.15, 0.2) is 50.8 Å². The molecule has 0 atom stereocenters. The van der Waals surface area contributed by atoms with E-state index in [0.29, 0.717) is 26.5 Å². The number of hydrogen-bond donors (Lipinski definition) is 1. The highest BCUT2D eigenvalue weighted by molar-refractivity contribution is 9.10. The maximum absolute atomic E-state index is 13.0. The van der Waals surface area contributed by atoms with Gasteiger partial charge in [0.1, 0.15) is 6.33 Å². The molecular weight excluding hydrogens is 454 g/mol. The topological polar surface area (TPSA) is 75.4 Å². The van der Waals surface area contributed by atoms with Gasteiger partial charge in [-0.05, 0) is 48.6 Å². The Balaban J connectivity index is 2.27. The van der Waals surface area contributed by atoms with Crippen LogP contribution in [0.25, 0.3) is 10.9 Å². The van der Waals surface area contributed by atoms with Crippen LogP contribution in [0, 0.1) is 6.92 Å². The third-order valence-corrected chi connectivity index (χ3v) is 5.90. The summed E-state index contributed by atoms with van der Waals surface area (Å²) in [6.07, 6.45) is -0.103. The lowest BCUT2D eigenvalue weighted by Crippen LogP contribution is -2.42. The Morgan fingerprint density at radius 3 is 2.78 bits per heavy atom. The van der Waals surface area contributed by atoms with Crippen molar-refractivity contribution in [3.05, 3.63) is 62.1 Å². The lowest BCUT2D eigenvalue weighted by Gasteiger charge is -2.23. The summed E-state index contributed by atoms with van der Waals surface area (Å²) in [6, 6.07) is 8.37. The summed E-state index contributed by atoms with van der Waals surface area (Å²) in [5.74, 6) is 0.736. The van der Waals surface area contributed by atoms with Crippen molar-refractivity contribution in [2.75, 3.05) is 10.8 Å². The molecule has 0 unspecified atom stereocenters. The Kier molecular flexibility index (Phi) is 5.78. The minimum Gasteiger partial charge on any atom is -0.463 e. The van der Waals surface area contributed by atoms with Crippen LogP contribution in [-0.2, 0) is 0 Å². The first-order valence-corrected chi connectivity index (χ1v) is 10.1. The fourth-order valence-corrected chi connectivity index (χ4v) is 3.90. The highest BCUT2D eigenvalue weighted by atomic mass is 79.9. The van der Waals surface area contributed by atoms with Gasteiger partial charge in [-0.2, -0.15) is 9.69 Å². The molecule has 1 aromatic heterocycles. The second-order valence-electron chi connectivity index (χ2n) is 5.65. The van der Waals surface area contributed by atoms with Crippen molar-refractivity contribution in [2.45, 2.75) is 18.7 Å². The molecule has 0 aliphatic heterocycles. The minimum atomic E-state index is -1.31. The SMILES string of the molecule is CCSc1ccc(Cl)cc1N(C(=O)O)n1cnc2cc(Br)c(C)cc2c1=O. The van der Waals surface area contributed by atoms with Crippen molar-refractivity contribution in [3.8, 4) is 0 Å². The van der Waals surface area contributed by atoms with Crippen LogP contribution in [-0.4, -0.2) is 26.6 Å². The zero-order valence-corrected chi connectivity index (χ0v) is 17.6. The second kappa shape index (κ2) is 7.92. The van der Waals surface area contributed by atoms with Crippen LogP contribution in [0.4, 0.5) is 10.5 Å². The Hall–Kier alpha value is -2.03. The highest BCUT2D eigenvalue weighted by Gasteiger charge is 2.23. The molecule has 3 rings (SSSR count). The molecule has 0 saturated carbocycles. The first-order chi connectivity index (χ1) is 12.8. The van der Waals surface area contributed by atoms with E-state index in [-0.39, 0.29) is 0 Å². The van der Waals surface area contributed by atoms with Crippen LogP contribution in [0.5, 0.6) is 0 Å². The maximum atomic E-state index is 13.0. The third-order valence-electron chi connectivity index (χ3n) is 3.87. The van der Waals surface area contributed by atoms with E-state index in [1.54, 1.807) is 24.3 Å². The third kappa shape index (κ3) is 3.83. The van der Waals surface area contributed by atoms with Gasteiger partial charge in [-0.1, -0.05) is 34.5 Å². The molecule has 0 saturated heterocycles. The quantitative estimate of drug-likeness (QED) is 0.534. The van der Waals surface area contributed by atoms with Gasteiger partial charge in [0.25, 0.3) is 5.56 Å². The Morgan fingerprint density at radius 1 is 1.37 bits per heavy atom. The Morgan fingerprint density at radius 2 is 2.11 bits per heavy atom. The number of halogens is 2. The van der Waals surface area contributed by atoms with Gasteiger partial charge in [0, 0.05) is 14.4 Å². The number of hydrogen-bond acceptors (Lipinski definition) is 4. The first-order valence-electron chi connectivity index (χ1n) is 7.96. The van der Waals surface area contributed by atoms with Crippen molar-refractivity contribution >= 4 is 62.0 Å². The summed E-state index contributed by atoms with van der Waals surface area (Å²) in [4.78, 5) is 30.0. The van der Waals surface area contributed by atoms with Crippen molar-refractivity contribution in [2.24, 2.45) is 0 Å².